The SMILES string of the molecule is CCN1c2cc(OC)c(/C=N\NC(=O)c3ccc(OC)cc3)cc2C(C)CC1(C)C. The summed E-state index contributed by atoms with van der Waals surface area (Å²) in [4.78, 5) is 14.8. The summed E-state index contributed by atoms with van der Waals surface area (Å²) in [6.45, 7) is 9.94. The monoisotopic (exact) mass is 409 g/mol. The molecule has 0 spiro atoms. The van der Waals surface area contributed by atoms with Gasteiger partial charge in [0, 0.05) is 35.0 Å². The first kappa shape index (κ1) is 21.7. The van der Waals surface area contributed by atoms with Gasteiger partial charge in [0.1, 0.15) is 11.5 Å². The molecule has 3 rings (SSSR count). The molecule has 2 aromatic carbocycles. The van der Waals surface area contributed by atoms with E-state index >= 15 is 0 Å². The summed E-state index contributed by atoms with van der Waals surface area (Å²) in [7, 11) is 3.25. The van der Waals surface area contributed by atoms with Crippen molar-refractivity contribution in [2.45, 2.75) is 45.6 Å². The van der Waals surface area contributed by atoms with Crippen LogP contribution in [0.3, 0.4) is 0 Å². The lowest BCUT2D eigenvalue weighted by atomic mass is 9.79. The normalized spacial score (nSPS) is 17.5. The average Bonchev–Trinajstić information content (AvgIpc) is 2.73. The number of hydrogen-bond acceptors (Lipinski definition) is 5. The lowest BCUT2D eigenvalue weighted by Gasteiger charge is -2.47. The second kappa shape index (κ2) is 8.78. The van der Waals surface area contributed by atoms with Crippen molar-refractivity contribution in [3.05, 3.63) is 53.1 Å². The zero-order chi connectivity index (χ0) is 21.9. The van der Waals surface area contributed by atoms with Crippen molar-refractivity contribution >= 4 is 17.8 Å². The molecule has 1 heterocycles. The van der Waals surface area contributed by atoms with Gasteiger partial charge < -0.3 is 14.4 Å². The van der Waals surface area contributed by atoms with Crippen molar-refractivity contribution in [3.8, 4) is 11.5 Å². The molecule has 1 N–H and O–H groups in total. The lowest BCUT2D eigenvalue weighted by Crippen LogP contribution is -2.48. The highest BCUT2D eigenvalue weighted by Gasteiger charge is 2.36. The van der Waals surface area contributed by atoms with Gasteiger partial charge in [-0.1, -0.05) is 6.92 Å². The lowest BCUT2D eigenvalue weighted by molar-refractivity contribution is 0.0955. The maximum atomic E-state index is 12.3. The zero-order valence-electron chi connectivity index (χ0n) is 18.7. The van der Waals surface area contributed by atoms with Gasteiger partial charge in [0.2, 0.25) is 0 Å². The molecule has 2 aromatic rings. The first-order valence-electron chi connectivity index (χ1n) is 10.3. The Kier molecular flexibility index (Phi) is 6.34. The third-order valence-corrected chi connectivity index (χ3v) is 5.78. The number of fused-ring (bicyclic) bond motifs is 1. The quantitative estimate of drug-likeness (QED) is 0.560. The highest BCUT2D eigenvalue weighted by Crippen LogP contribution is 2.45. The molecule has 0 fully saturated rings. The molecule has 1 amide bonds. The van der Waals surface area contributed by atoms with E-state index in [1.165, 1.54) is 11.3 Å². The Balaban J connectivity index is 1.84. The Morgan fingerprint density at radius 3 is 2.53 bits per heavy atom. The van der Waals surface area contributed by atoms with Crippen LogP contribution in [0.2, 0.25) is 0 Å². The third kappa shape index (κ3) is 4.27. The summed E-state index contributed by atoms with van der Waals surface area (Å²) >= 11 is 0. The van der Waals surface area contributed by atoms with Crippen LogP contribution in [0, 0.1) is 0 Å². The van der Waals surface area contributed by atoms with Crippen LogP contribution < -0.4 is 19.8 Å². The number of amides is 1. The Labute approximate surface area is 178 Å². The minimum Gasteiger partial charge on any atom is -0.497 e. The number of methoxy groups -OCH3 is 2. The summed E-state index contributed by atoms with van der Waals surface area (Å²) < 4.78 is 10.7. The van der Waals surface area contributed by atoms with E-state index in [4.69, 9.17) is 9.47 Å². The van der Waals surface area contributed by atoms with E-state index in [-0.39, 0.29) is 11.4 Å². The van der Waals surface area contributed by atoms with Gasteiger partial charge in [0.15, 0.2) is 0 Å². The molecule has 0 aliphatic carbocycles. The van der Waals surface area contributed by atoms with Gasteiger partial charge >= 0.3 is 0 Å². The maximum absolute atomic E-state index is 12.3. The number of carbonyl (C=O) groups excluding carboxylic acids is 1. The van der Waals surface area contributed by atoms with Gasteiger partial charge in [-0.25, -0.2) is 5.43 Å². The van der Waals surface area contributed by atoms with Crippen LogP contribution in [0.1, 0.15) is 61.5 Å². The van der Waals surface area contributed by atoms with Crippen LogP contribution >= 0.6 is 0 Å². The summed E-state index contributed by atoms with van der Waals surface area (Å²) in [5.74, 6) is 1.58. The van der Waals surface area contributed by atoms with Crippen LogP contribution in [0.15, 0.2) is 41.5 Å². The number of ether oxygens (including phenoxy) is 2. The number of hydrazone groups is 1. The van der Waals surface area contributed by atoms with Gasteiger partial charge in [-0.2, -0.15) is 5.10 Å². The number of anilines is 1. The van der Waals surface area contributed by atoms with Gasteiger partial charge in [-0.15, -0.1) is 0 Å². The molecule has 0 saturated carbocycles. The number of benzene rings is 2. The summed E-state index contributed by atoms with van der Waals surface area (Å²) in [5, 5.41) is 4.16. The molecular formula is C24H31N3O3. The smallest absolute Gasteiger partial charge is 0.271 e. The molecule has 0 aromatic heterocycles. The van der Waals surface area contributed by atoms with Gasteiger partial charge in [0.25, 0.3) is 5.91 Å². The molecule has 160 valence electrons. The number of nitrogens with one attached hydrogen (secondary N) is 1. The number of carbonyl (C=O) groups is 1. The number of hydrogen-bond donors (Lipinski definition) is 1. The van der Waals surface area contributed by atoms with E-state index in [0.717, 1.165) is 24.3 Å². The van der Waals surface area contributed by atoms with Crippen molar-refractivity contribution in [2.24, 2.45) is 5.10 Å². The molecule has 0 radical (unpaired) electrons. The molecule has 1 aliphatic rings. The summed E-state index contributed by atoms with van der Waals surface area (Å²) in [5.41, 5.74) is 6.51. The molecule has 30 heavy (non-hydrogen) atoms. The van der Waals surface area contributed by atoms with E-state index in [2.05, 4.69) is 55.3 Å². The van der Waals surface area contributed by atoms with Crippen LogP contribution in [0.5, 0.6) is 11.5 Å². The Bertz CT molecular complexity index is 935. The highest BCUT2D eigenvalue weighted by atomic mass is 16.5. The standard InChI is InChI=1S/C24H31N3O3/c1-7-27-21-13-22(30-6)18(12-20(21)16(2)14-24(27,3)4)15-25-26-23(28)17-8-10-19(29-5)11-9-17/h8-13,15-16H,7,14H2,1-6H3,(H,26,28)/b25-15-. The molecule has 0 saturated heterocycles. The summed E-state index contributed by atoms with van der Waals surface area (Å²) in [6.07, 6.45) is 2.72. The van der Waals surface area contributed by atoms with Crippen molar-refractivity contribution in [3.63, 3.8) is 0 Å². The predicted molar refractivity (Wildman–Crippen MR) is 121 cm³/mol. The fourth-order valence-corrected chi connectivity index (χ4v) is 4.37. The third-order valence-electron chi connectivity index (χ3n) is 5.78. The van der Waals surface area contributed by atoms with Crippen LogP contribution in [-0.2, 0) is 0 Å². The van der Waals surface area contributed by atoms with Crippen molar-refractivity contribution in [1.82, 2.24) is 5.43 Å². The average molecular weight is 410 g/mol. The predicted octanol–water partition coefficient (Wildman–Crippen LogP) is 4.58. The van der Waals surface area contributed by atoms with Crippen molar-refractivity contribution in [1.29, 1.82) is 0 Å². The fraction of sp³-hybridized carbons (Fsp3) is 0.417. The first-order chi connectivity index (χ1) is 14.3. The molecule has 6 nitrogen and oxygen atoms in total. The highest BCUT2D eigenvalue weighted by molar-refractivity contribution is 5.95. The Morgan fingerprint density at radius 2 is 1.93 bits per heavy atom. The van der Waals surface area contributed by atoms with Crippen molar-refractivity contribution < 1.29 is 14.3 Å². The van der Waals surface area contributed by atoms with Gasteiger partial charge in [-0.3, -0.25) is 4.79 Å². The van der Waals surface area contributed by atoms with E-state index < -0.39 is 0 Å². The van der Waals surface area contributed by atoms with E-state index in [1.54, 1.807) is 44.7 Å². The zero-order valence-corrected chi connectivity index (χ0v) is 18.7. The Morgan fingerprint density at radius 1 is 1.23 bits per heavy atom. The molecule has 0 bridgehead atoms. The largest absolute Gasteiger partial charge is 0.497 e. The maximum Gasteiger partial charge on any atom is 0.271 e. The van der Waals surface area contributed by atoms with Crippen LogP contribution in [0.4, 0.5) is 5.69 Å². The second-order valence-corrected chi connectivity index (χ2v) is 8.24. The molecular weight excluding hydrogens is 378 g/mol. The van der Waals surface area contributed by atoms with Crippen LogP contribution in [-0.4, -0.2) is 38.4 Å². The van der Waals surface area contributed by atoms with E-state index in [1.807, 2.05) is 0 Å². The van der Waals surface area contributed by atoms with Gasteiger partial charge in [-0.05, 0) is 69.0 Å². The summed E-state index contributed by atoms with van der Waals surface area (Å²) in [6, 6.07) is 11.1. The topological polar surface area (TPSA) is 63.2 Å². The van der Waals surface area contributed by atoms with E-state index in [9.17, 15) is 4.79 Å². The molecule has 1 atom stereocenters. The minimum atomic E-state index is -0.280. The van der Waals surface area contributed by atoms with Crippen LogP contribution in [0.25, 0.3) is 0 Å². The first-order valence-corrected chi connectivity index (χ1v) is 10.3. The number of rotatable bonds is 6. The molecule has 6 heteroatoms. The number of nitrogens with zero attached hydrogens (tertiary/aromatic N) is 2. The van der Waals surface area contributed by atoms with Gasteiger partial charge in [0.05, 0.1) is 20.4 Å². The van der Waals surface area contributed by atoms with Crippen molar-refractivity contribution in [2.75, 3.05) is 25.7 Å². The second-order valence-electron chi connectivity index (χ2n) is 8.24. The Hall–Kier alpha value is -3.02. The molecule has 1 unspecified atom stereocenters. The molecule has 1 aliphatic heterocycles. The minimum absolute atomic E-state index is 0.0914. The van der Waals surface area contributed by atoms with E-state index in [0.29, 0.717) is 17.2 Å². The fourth-order valence-electron chi connectivity index (χ4n) is 4.37.